The topological polar surface area (TPSA) is 61.4 Å². The first kappa shape index (κ1) is 21.5. The van der Waals surface area contributed by atoms with Gasteiger partial charge in [-0.05, 0) is 23.8 Å². The number of hydrogen-bond acceptors (Lipinski definition) is 6. The summed E-state index contributed by atoms with van der Waals surface area (Å²) in [7, 11) is 0. The maximum Gasteiger partial charge on any atom is 0.417 e. The minimum atomic E-state index is -4.39. The van der Waals surface area contributed by atoms with E-state index in [1.54, 1.807) is 16.2 Å². The summed E-state index contributed by atoms with van der Waals surface area (Å²) in [6.07, 6.45) is -3.14. The molecule has 0 spiro atoms. The van der Waals surface area contributed by atoms with Crippen LogP contribution in [0.5, 0.6) is 0 Å². The summed E-state index contributed by atoms with van der Waals surface area (Å²) in [5.41, 5.74) is 3.23. The molecular formula is C21H22F3N5OS. The lowest BCUT2D eigenvalue weighted by atomic mass is 10.2. The monoisotopic (exact) mass is 449 g/mol. The van der Waals surface area contributed by atoms with E-state index in [0.717, 1.165) is 22.5 Å². The summed E-state index contributed by atoms with van der Waals surface area (Å²) in [6.45, 7) is 3.41. The molecule has 1 aromatic carbocycles. The van der Waals surface area contributed by atoms with Crippen LogP contribution in [0.25, 0.3) is 10.2 Å². The Labute approximate surface area is 181 Å². The Balaban J connectivity index is 1.21. The first-order chi connectivity index (χ1) is 14.9. The highest BCUT2D eigenvalue weighted by Gasteiger charge is 2.31. The number of hydrogen-bond donors (Lipinski definition) is 1. The Hall–Kier alpha value is -2.72. The van der Waals surface area contributed by atoms with Crippen molar-refractivity contribution in [3.8, 4) is 0 Å². The van der Waals surface area contributed by atoms with Crippen molar-refractivity contribution in [2.24, 2.45) is 0 Å². The largest absolute Gasteiger partial charge is 0.417 e. The van der Waals surface area contributed by atoms with Crippen LogP contribution < -0.4 is 10.2 Å². The van der Waals surface area contributed by atoms with E-state index in [2.05, 4.69) is 21.4 Å². The van der Waals surface area contributed by atoms with Gasteiger partial charge in [0.05, 0.1) is 21.3 Å². The molecule has 1 aliphatic rings. The number of halogens is 3. The highest BCUT2D eigenvalue weighted by Crippen LogP contribution is 2.29. The van der Waals surface area contributed by atoms with Crippen LogP contribution in [0.4, 0.5) is 19.0 Å². The quantitative estimate of drug-likeness (QED) is 0.584. The van der Waals surface area contributed by atoms with E-state index >= 15 is 0 Å². The fraction of sp³-hybridized carbons (Fsp3) is 0.381. The molecule has 2 aromatic heterocycles. The Bertz CT molecular complexity index is 1030. The van der Waals surface area contributed by atoms with Crippen LogP contribution in [0, 0.1) is 0 Å². The molecule has 0 atom stereocenters. The maximum absolute atomic E-state index is 12.7. The van der Waals surface area contributed by atoms with Gasteiger partial charge in [-0.15, -0.1) is 11.3 Å². The molecule has 1 aliphatic heterocycles. The zero-order valence-electron chi connectivity index (χ0n) is 16.7. The van der Waals surface area contributed by atoms with Crippen molar-refractivity contribution in [1.82, 2.24) is 20.2 Å². The van der Waals surface area contributed by atoms with Crippen LogP contribution in [-0.2, 0) is 17.5 Å². The molecule has 10 heteroatoms. The molecular weight excluding hydrogens is 427 g/mol. The Morgan fingerprint density at radius 2 is 1.90 bits per heavy atom. The van der Waals surface area contributed by atoms with Gasteiger partial charge in [-0.3, -0.25) is 4.79 Å². The third-order valence-electron chi connectivity index (χ3n) is 5.30. The number of nitrogens with zero attached hydrogens (tertiary/aromatic N) is 4. The molecule has 4 rings (SSSR count). The van der Waals surface area contributed by atoms with E-state index in [9.17, 15) is 18.0 Å². The van der Waals surface area contributed by atoms with Gasteiger partial charge in [0.2, 0.25) is 5.91 Å². The predicted octanol–water partition coefficient (Wildman–Crippen LogP) is 3.54. The first-order valence-corrected chi connectivity index (χ1v) is 10.9. The normalized spacial score (nSPS) is 14.9. The Kier molecular flexibility index (Phi) is 6.38. The van der Waals surface area contributed by atoms with Gasteiger partial charge >= 0.3 is 6.18 Å². The van der Waals surface area contributed by atoms with Crippen molar-refractivity contribution in [1.29, 1.82) is 0 Å². The number of benzene rings is 1. The van der Waals surface area contributed by atoms with Crippen molar-refractivity contribution >= 4 is 33.3 Å². The van der Waals surface area contributed by atoms with E-state index < -0.39 is 11.7 Å². The van der Waals surface area contributed by atoms with E-state index in [1.807, 2.05) is 22.5 Å². The second-order valence-electron chi connectivity index (χ2n) is 7.32. The van der Waals surface area contributed by atoms with Gasteiger partial charge in [0, 0.05) is 51.9 Å². The van der Waals surface area contributed by atoms with E-state index in [1.165, 1.54) is 11.6 Å². The molecule has 0 unspecified atom stereocenters. The van der Waals surface area contributed by atoms with Crippen LogP contribution in [0.3, 0.4) is 0 Å². The van der Waals surface area contributed by atoms with Crippen molar-refractivity contribution in [3.63, 3.8) is 0 Å². The SMILES string of the molecule is O=C(CCNCc1cccc2ncsc12)N1CCN(c2ccc(C(F)(F)F)cn2)CC1. The molecule has 1 fully saturated rings. The number of alkyl halides is 3. The number of anilines is 1. The number of pyridine rings is 1. The molecule has 0 bridgehead atoms. The second-order valence-corrected chi connectivity index (χ2v) is 8.17. The smallest absolute Gasteiger partial charge is 0.353 e. The van der Waals surface area contributed by atoms with E-state index in [-0.39, 0.29) is 5.91 Å². The molecule has 3 heterocycles. The molecule has 1 amide bonds. The highest BCUT2D eigenvalue weighted by atomic mass is 32.1. The van der Waals surface area contributed by atoms with Crippen molar-refractivity contribution < 1.29 is 18.0 Å². The maximum atomic E-state index is 12.7. The standard InChI is InChI=1S/C21H22F3N5OS/c22-21(23,24)16-4-5-18(26-13-16)28-8-10-29(11-9-28)19(30)6-7-25-12-15-2-1-3-17-20(15)31-14-27-17/h1-5,13-14,25H,6-12H2. The Morgan fingerprint density at radius 3 is 2.61 bits per heavy atom. The summed E-state index contributed by atoms with van der Waals surface area (Å²) in [4.78, 5) is 24.4. The second kappa shape index (κ2) is 9.19. The molecule has 0 aliphatic carbocycles. The van der Waals surface area contributed by atoms with Crippen LogP contribution in [0.1, 0.15) is 17.5 Å². The number of aromatic nitrogens is 2. The fourth-order valence-electron chi connectivity index (χ4n) is 3.59. The zero-order chi connectivity index (χ0) is 21.8. The van der Waals surface area contributed by atoms with Gasteiger partial charge in [-0.25, -0.2) is 9.97 Å². The first-order valence-electron chi connectivity index (χ1n) is 9.99. The summed E-state index contributed by atoms with van der Waals surface area (Å²) in [5, 5.41) is 3.32. The number of nitrogens with one attached hydrogen (secondary N) is 1. The lowest BCUT2D eigenvalue weighted by Gasteiger charge is -2.35. The third-order valence-corrected chi connectivity index (χ3v) is 6.22. The number of rotatable bonds is 6. The minimum Gasteiger partial charge on any atom is -0.353 e. The molecule has 0 radical (unpaired) electrons. The van der Waals surface area contributed by atoms with Gasteiger partial charge in [-0.2, -0.15) is 13.2 Å². The number of amides is 1. The number of fused-ring (bicyclic) bond motifs is 1. The number of thiazole rings is 1. The molecule has 164 valence electrons. The van der Waals surface area contributed by atoms with Gasteiger partial charge in [0.25, 0.3) is 0 Å². The third kappa shape index (κ3) is 5.13. The molecule has 1 saturated heterocycles. The van der Waals surface area contributed by atoms with Crippen LogP contribution in [0.15, 0.2) is 42.0 Å². The van der Waals surface area contributed by atoms with Crippen molar-refractivity contribution in [3.05, 3.63) is 53.2 Å². The summed E-state index contributed by atoms with van der Waals surface area (Å²) < 4.78 is 39.2. The molecule has 31 heavy (non-hydrogen) atoms. The Morgan fingerprint density at radius 1 is 1.10 bits per heavy atom. The zero-order valence-corrected chi connectivity index (χ0v) is 17.5. The van der Waals surface area contributed by atoms with Crippen molar-refractivity contribution in [2.45, 2.75) is 19.1 Å². The van der Waals surface area contributed by atoms with Gasteiger partial charge in [0.15, 0.2) is 0 Å². The van der Waals surface area contributed by atoms with Crippen molar-refractivity contribution in [2.75, 3.05) is 37.6 Å². The highest BCUT2D eigenvalue weighted by molar-refractivity contribution is 7.16. The molecule has 0 saturated carbocycles. The molecule has 3 aromatic rings. The fourth-order valence-corrected chi connectivity index (χ4v) is 4.39. The average molecular weight is 450 g/mol. The van der Waals surface area contributed by atoms with Crippen LogP contribution in [0.2, 0.25) is 0 Å². The lowest BCUT2D eigenvalue weighted by molar-refractivity contribution is -0.137. The average Bonchev–Trinajstić information content (AvgIpc) is 3.26. The summed E-state index contributed by atoms with van der Waals surface area (Å²) >= 11 is 1.61. The number of piperazine rings is 1. The minimum absolute atomic E-state index is 0.0727. The van der Waals surface area contributed by atoms with Gasteiger partial charge < -0.3 is 15.1 Å². The van der Waals surface area contributed by atoms with Gasteiger partial charge in [-0.1, -0.05) is 12.1 Å². The van der Waals surface area contributed by atoms with Gasteiger partial charge in [0.1, 0.15) is 5.82 Å². The predicted molar refractivity (Wildman–Crippen MR) is 114 cm³/mol. The summed E-state index contributed by atoms with van der Waals surface area (Å²) in [6, 6.07) is 8.45. The van der Waals surface area contributed by atoms with E-state index in [4.69, 9.17) is 0 Å². The van der Waals surface area contributed by atoms with E-state index in [0.29, 0.717) is 51.5 Å². The van der Waals surface area contributed by atoms with Crippen LogP contribution in [-0.4, -0.2) is 53.5 Å². The number of carbonyl (C=O) groups is 1. The number of carbonyl (C=O) groups excluding carboxylic acids is 1. The lowest BCUT2D eigenvalue weighted by Crippen LogP contribution is -2.49. The molecule has 6 nitrogen and oxygen atoms in total. The summed E-state index contributed by atoms with van der Waals surface area (Å²) in [5.74, 6) is 0.572. The van der Waals surface area contributed by atoms with Crippen LogP contribution >= 0.6 is 11.3 Å². The molecule has 1 N–H and O–H groups in total.